The molecular formula is C10H20NO7P. The Bertz CT molecular complexity index is 418. The summed E-state index contributed by atoms with van der Waals surface area (Å²) in [5.41, 5.74) is -2.13. The van der Waals surface area contributed by atoms with E-state index in [9.17, 15) is 29.0 Å². The Morgan fingerprint density at radius 3 is 1.89 bits per heavy atom. The van der Waals surface area contributed by atoms with Crippen molar-refractivity contribution in [2.45, 2.75) is 31.5 Å². The van der Waals surface area contributed by atoms with E-state index in [1.807, 2.05) is 0 Å². The molecule has 8 nitrogen and oxygen atoms in total. The highest BCUT2D eigenvalue weighted by Gasteiger charge is 2.67. The van der Waals surface area contributed by atoms with E-state index in [4.69, 9.17) is 0 Å². The summed E-state index contributed by atoms with van der Waals surface area (Å²) in [5.74, 6) is -2.78. The first kappa shape index (κ1) is 18.0. The first-order valence-electron chi connectivity index (χ1n) is 5.51. The first-order valence-corrected chi connectivity index (χ1v) is 7.12. The molecule has 9 heteroatoms. The van der Waals surface area contributed by atoms with Crippen molar-refractivity contribution in [3.8, 4) is 0 Å². The summed E-state index contributed by atoms with van der Waals surface area (Å²) in [6, 6.07) is 0. The zero-order valence-corrected chi connectivity index (χ0v) is 12.5. The molecule has 0 aliphatic carbocycles. The molecule has 0 fully saturated rings. The van der Waals surface area contributed by atoms with Crippen LogP contribution in [0.2, 0.25) is 0 Å². The van der Waals surface area contributed by atoms with Crippen LogP contribution in [0.15, 0.2) is 0 Å². The molecule has 0 heterocycles. The Kier molecular flexibility index (Phi) is 5.30. The molecule has 0 bridgehead atoms. The normalized spacial score (nSPS) is 18.5. The van der Waals surface area contributed by atoms with Crippen molar-refractivity contribution >= 4 is 19.5 Å². The number of esters is 1. The highest BCUT2D eigenvalue weighted by Crippen LogP contribution is 2.57. The van der Waals surface area contributed by atoms with Crippen LogP contribution in [0.5, 0.6) is 0 Å². The summed E-state index contributed by atoms with van der Waals surface area (Å²) in [7, 11) is -2.46. The molecule has 0 radical (unpaired) electrons. The van der Waals surface area contributed by atoms with Crippen LogP contribution in [0.1, 0.15) is 20.8 Å². The van der Waals surface area contributed by atoms with E-state index in [0.717, 1.165) is 18.7 Å². The lowest BCUT2D eigenvalue weighted by Crippen LogP contribution is -2.67. The molecule has 0 aliphatic rings. The number of aliphatic carboxylic acids is 1. The topological polar surface area (TPSA) is 124 Å². The second-order valence-electron chi connectivity index (χ2n) is 4.61. The number of carboxylic acids is 1. The number of nitrogens with zero attached hydrogens (tertiary/aromatic N) is 1. The van der Waals surface area contributed by atoms with Gasteiger partial charge in [0.05, 0.1) is 6.61 Å². The summed E-state index contributed by atoms with van der Waals surface area (Å²) in [5, 5.41) is 6.80. The molecule has 2 atom stereocenters. The Morgan fingerprint density at radius 1 is 1.26 bits per heavy atom. The molecular weight excluding hydrogens is 277 g/mol. The molecule has 0 aliphatic heterocycles. The maximum Gasteiger partial charge on any atom is 0.345 e. The number of likely N-dealkylation sites (N-methyl/N-ethyl adjacent to an activating group) is 1. The van der Waals surface area contributed by atoms with Crippen LogP contribution in [0.4, 0.5) is 0 Å². The van der Waals surface area contributed by atoms with Gasteiger partial charge >= 0.3 is 19.5 Å². The van der Waals surface area contributed by atoms with Gasteiger partial charge in [0.25, 0.3) is 0 Å². The van der Waals surface area contributed by atoms with Gasteiger partial charge in [-0.15, -0.1) is 0 Å². The van der Waals surface area contributed by atoms with Gasteiger partial charge < -0.3 is 19.6 Å². The van der Waals surface area contributed by atoms with E-state index in [2.05, 4.69) is 4.74 Å². The van der Waals surface area contributed by atoms with E-state index in [-0.39, 0.29) is 6.61 Å². The fraction of sp³-hybridized carbons (Fsp3) is 0.800. The Labute approximate surface area is 111 Å². The highest BCUT2D eigenvalue weighted by atomic mass is 31.2. The van der Waals surface area contributed by atoms with Gasteiger partial charge in [0.2, 0.25) is 0 Å². The summed E-state index contributed by atoms with van der Waals surface area (Å²) >= 11 is 0. The van der Waals surface area contributed by atoms with E-state index < -0.39 is 30.2 Å². The van der Waals surface area contributed by atoms with E-state index >= 15 is 0 Å². The van der Waals surface area contributed by atoms with Crippen LogP contribution in [-0.4, -0.2) is 63.1 Å². The van der Waals surface area contributed by atoms with Gasteiger partial charge in [-0.05, 0) is 34.9 Å². The van der Waals surface area contributed by atoms with Gasteiger partial charge in [-0.25, -0.2) is 0 Å². The second kappa shape index (κ2) is 5.58. The number of ether oxygens (including phenoxy) is 1. The smallest absolute Gasteiger partial charge is 0.345 e. The second-order valence-corrected chi connectivity index (χ2v) is 6.59. The minimum absolute atomic E-state index is 0.114. The van der Waals surface area contributed by atoms with Gasteiger partial charge in [-0.2, -0.15) is 0 Å². The standard InChI is InChI=1S/C10H20NO7P/c1-6-18-8(14)10(3,19(15,16)17)9(2,7(12)13)11(4)5/h6H2,1-5H3,(H,12,13)(H2,15,16,17). The Morgan fingerprint density at radius 2 is 1.68 bits per heavy atom. The molecule has 3 N–H and O–H groups in total. The van der Waals surface area contributed by atoms with Gasteiger partial charge in [-0.3, -0.25) is 19.1 Å². The highest BCUT2D eigenvalue weighted by molar-refractivity contribution is 7.55. The summed E-state index contributed by atoms with van der Waals surface area (Å²) < 4.78 is 16.4. The van der Waals surface area contributed by atoms with Crippen molar-refractivity contribution in [2.75, 3.05) is 20.7 Å². The van der Waals surface area contributed by atoms with Crippen LogP contribution in [-0.2, 0) is 18.9 Å². The number of carboxylic acid groups (broad SMARTS) is 1. The van der Waals surface area contributed by atoms with Crippen LogP contribution in [0.25, 0.3) is 0 Å². The maximum absolute atomic E-state index is 12.0. The quantitative estimate of drug-likeness (QED) is 0.458. The molecule has 0 saturated heterocycles. The Balaban J connectivity index is 6.22. The van der Waals surface area contributed by atoms with E-state index in [1.54, 1.807) is 0 Å². The third-order valence-corrected chi connectivity index (χ3v) is 5.30. The summed E-state index contributed by atoms with van der Waals surface area (Å²) in [4.78, 5) is 43.5. The molecule has 2 unspecified atom stereocenters. The lowest BCUT2D eigenvalue weighted by atomic mass is 9.84. The fourth-order valence-electron chi connectivity index (χ4n) is 1.71. The van der Waals surface area contributed by atoms with E-state index in [0.29, 0.717) is 0 Å². The van der Waals surface area contributed by atoms with E-state index in [1.165, 1.54) is 21.0 Å². The zero-order chi connectivity index (χ0) is 15.6. The van der Waals surface area contributed by atoms with Gasteiger partial charge in [-0.1, -0.05) is 0 Å². The SMILES string of the molecule is CCOC(=O)C(C)(C(C)(C(=O)O)N(C)C)P(=O)(O)O. The minimum Gasteiger partial charge on any atom is -0.480 e. The van der Waals surface area contributed by atoms with Gasteiger partial charge in [0.15, 0.2) is 5.16 Å². The van der Waals surface area contributed by atoms with Crippen LogP contribution >= 0.6 is 7.60 Å². The number of carbonyl (C=O) groups excluding carboxylic acids is 1. The molecule has 0 rings (SSSR count). The molecule has 0 aromatic heterocycles. The number of hydrogen-bond acceptors (Lipinski definition) is 5. The molecule has 0 saturated carbocycles. The van der Waals surface area contributed by atoms with Crippen molar-refractivity contribution in [3.05, 3.63) is 0 Å². The first-order chi connectivity index (χ1) is 8.37. The molecule has 0 spiro atoms. The largest absolute Gasteiger partial charge is 0.480 e. The maximum atomic E-state index is 12.0. The average molecular weight is 297 g/mol. The lowest BCUT2D eigenvalue weighted by Gasteiger charge is -2.44. The predicted molar refractivity (Wildman–Crippen MR) is 66.8 cm³/mol. The lowest BCUT2D eigenvalue weighted by molar-refractivity contribution is -0.163. The molecule has 0 aromatic carbocycles. The Hall–Kier alpha value is -0.950. The molecule has 0 aromatic rings. The average Bonchev–Trinajstić information content (AvgIpc) is 2.24. The summed E-state index contributed by atoms with van der Waals surface area (Å²) in [6.45, 7) is 3.33. The van der Waals surface area contributed by atoms with Crippen LogP contribution in [0, 0.1) is 0 Å². The van der Waals surface area contributed by atoms with Crippen molar-refractivity contribution < 1.29 is 33.8 Å². The fourth-order valence-corrected chi connectivity index (χ4v) is 2.87. The van der Waals surface area contributed by atoms with Crippen LogP contribution < -0.4 is 0 Å². The molecule has 112 valence electrons. The predicted octanol–water partition coefficient (Wildman–Crippen LogP) is -0.109. The number of carbonyl (C=O) groups is 2. The molecule has 0 amide bonds. The van der Waals surface area contributed by atoms with Crippen molar-refractivity contribution in [1.29, 1.82) is 0 Å². The molecule has 19 heavy (non-hydrogen) atoms. The number of hydrogen-bond donors (Lipinski definition) is 3. The number of rotatable bonds is 6. The van der Waals surface area contributed by atoms with Gasteiger partial charge in [0.1, 0.15) is 5.54 Å². The monoisotopic (exact) mass is 297 g/mol. The third kappa shape index (κ3) is 2.67. The third-order valence-electron chi connectivity index (χ3n) is 3.51. The zero-order valence-electron chi connectivity index (χ0n) is 11.6. The van der Waals surface area contributed by atoms with Crippen molar-refractivity contribution in [3.63, 3.8) is 0 Å². The van der Waals surface area contributed by atoms with Crippen molar-refractivity contribution in [1.82, 2.24) is 4.90 Å². The summed E-state index contributed by atoms with van der Waals surface area (Å²) in [6.07, 6.45) is 0. The van der Waals surface area contributed by atoms with Gasteiger partial charge in [0, 0.05) is 0 Å². The minimum atomic E-state index is -5.10. The van der Waals surface area contributed by atoms with Crippen LogP contribution in [0.3, 0.4) is 0 Å². The van der Waals surface area contributed by atoms with Crippen molar-refractivity contribution in [2.24, 2.45) is 0 Å².